The van der Waals surface area contributed by atoms with E-state index in [9.17, 15) is 8.42 Å². The topological polar surface area (TPSA) is 87.5 Å². The largest absolute Gasteiger partial charge is 0.352 e. The molecule has 0 spiro atoms. The highest BCUT2D eigenvalue weighted by Gasteiger charge is 2.10. The van der Waals surface area contributed by atoms with Crippen molar-refractivity contribution in [1.82, 2.24) is 19.9 Å². The molecule has 0 fully saturated rings. The van der Waals surface area contributed by atoms with E-state index in [0.29, 0.717) is 29.2 Å². The zero-order valence-electron chi connectivity index (χ0n) is 15.4. The Bertz CT molecular complexity index is 925. The Morgan fingerprint density at radius 3 is 2.41 bits per heavy atom. The lowest BCUT2D eigenvalue weighted by Crippen LogP contribution is -2.36. The van der Waals surface area contributed by atoms with Crippen LogP contribution in [0.2, 0.25) is 10.2 Å². The van der Waals surface area contributed by atoms with Gasteiger partial charge in [0.2, 0.25) is 10.0 Å². The highest BCUT2D eigenvalue weighted by molar-refractivity contribution is 7.88. The number of nitrogens with zero attached hydrogens (tertiary/aromatic N) is 2. The number of hydrogen-bond acceptors (Lipinski definition) is 3. The summed E-state index contributed by atoms with van der Waals surface area (Å²) in [5.41, 5.74) is 2.60. The molecule has 1 heterocycles. The minimum absolute atomic E-state index is 0.0562. The van der Waals surface area contributed by atoms with Gasteiger partial charge in [0.05, 0.1) is 17.3 Å². The fourth-order valence-corrected chi connectivity index (χ4v) is 3.64. The van der Waals surface area contributed by atoms with Gasteiger partial charge >= 0.3 is 0 Å². The fraction of sp³-hybridized carbons (Fsp3) is 0.353. The molecular weight excluding hydrogens is 409 g/mol. The molecule has 27 heavy (non-hydrogen) atoms. The summed E-state index contributed by atoms with van der Waals surface area (Å²) in [7, 11) is 1.62. The van der Waals surface area contributed by atoms with Crippen molar-refractivity contribution >= 4 is 39.2 Å². The second-order valence-electron chi connectivity index (χ2n) is 5.90. The van der Waals surface area contributed by atoms with Gasteiger partial charge in [-0.2, -0.15) is 0 Å². The summed E-state index contributed by atoms with van der Waals surface area (Å²) < 4.78 is 27.5. The Morgan fingerprint density at radius 1 is 1.15 bits per heavy atom. The van der Waals surface area contributed by atoms with Crippen LogP contribution in [0.4, 0.5) is 0 Å². The van der Waals surface area contributed by atoms with Gasteiger partial charge in [0.1, 0.15) is 5.15 Å². The minimum atomic E-state index is -3.30. The average molecular weight is 432 g/mol. The molecule has 0 aliphatic carbocycles. The Morgan fingerprint density at radius 2 is 1.81 bits per heavy atom. The number of aliphatic imine (C=N–C) groups is 1. The Balaban J connectivity index is 1.95. The molecule has 2 aromatic rings. The van der Waals surface area contributed by atoms with Crippen LogP contribution in [0.5, 0.6) is 0 Å². The maximum Gasteiger partial charge on any atom is 0.215 e. The van der Waals surface area contributed by atoms with E-state index < -0.39 is 10.0 Å². The van der Waals surface area contributed by atoms with E-state index >= 15 is 0 Å². The third kappa shape index (κ3) is 6.14. The normalized spacial score (nSPS) is 12.3. The summed E-state index contributed by atoms with van der Waals surface area (Å²) in [6.07, 6.45) is 0. The smallest absolute Gasteiger partial charge is 0.215 e. The molecule has 0 radical (unpaired) electrons. The molecule has 0 aliphatic rings. The van der Waals surface area contributed by atoms with E-state index in [1.807, 2.05) is 25.2 Å². The van der Waals surface area contributed by atoms with Gasteiger partial charge in [-0.15, -0.1) is 0 Å². The first-order valence-electron chi connectivity index (χ1n) is 8.19. The number of sulfonamides is 1. The summed E-state index contributed by atoms with van der Waals surface area (Å²) in [5, 5.41) is 7.39. The van der Waals surface area contributed by atoms with E-state index in [1.165, 1.54) is 7.05 Å². The molecule has 1 aromatic carbocycles. The van der Waals surface area contributed by atoms with Gasteiger partial charge in [-0.3, -0.25) is 4.99 Å². The van der Waals surface area contributed by atoms with Crippen molar-refractivity contribution in [3.05, 3.63) is 57.3 Å². The van der Waals surface area contributed by atoms with Gasteiger partial charge in [0.25, 0.3) is 0 Å². The fourth-order valence-electron chi connectivity index (χ4n) is 2.46. The van der Waals surface area contributed by atoms with Crippen LogP contribution >= 0.6 is 23.2 Å². The van der Waals surface area contributed by atoms with E-state index in [2.05, 4.69) is 20.3 Å². The number of halogens is 2. The average Bonchev–Trinajstić information content (AvgIpc) is 2.89. The molecule has 0 atom stereocenters. The SMILES string of the molecule is CN=C(NCc1cccc(CS(=O)(=O)NC)c1)NCc1cc(Cl)c(Cl)n1C. The molecule has 0 amide bonds. The number of nitrogens with one attached hydrogen (secondary N) is 3. The Labute approximate surface area is 169 Å². The summed E-state index contributed by atoms with van der Waals surface area (Å²) in [4.78, 5) is 4.19. The van der Waals surface area contributed by atoms with Crippen LogP contribution in [0.25, 0.3) is 0 Å². The van der Waals surface area contributed by atoms with Gasteiger partial charge in [-0.25, -0.2) is 13.1 Å². The van der Waals surface area contributed by atoms with Crippen molar-refractivity contribution in [2.24, 2.45) is 12.0 Å². The summed E-state index contributed by atoms with van der Waals surface area (Å²) >= 11 is 12.1. The first-order valence-corrected chi connectivity index (χ1v) is 10.6. The monoisotopic (exact) mass is 431 g/mol. The third-order valence-electron chi connectivity index (χ3n) is 4.00. The first kappa shape index (κ1) is 21.6. The van der Waals surface area contributed by atoms with Gasteiger partial charge in [-0.05, 0) is 24.2 Å². The molecule has 148 valence electrons. The molecule has 0 saturated carbocycles. The summed E-state index contributed by atoms with van der Waals surface area (Å²) in [6, 6.07) is 9.20. The second-order valence-corrected chi connectivity index (χ2v) is 8.59. The van der Waals surface area contributed by atoms with Crippen molar-refractivity contribution in [1.29, 1.82) is 0 Å². The van der Waals surface area contributed by atoms with Crippen molar-refractivity contribution in [3.8, 4) is 0 Å². The van der Waals surface area contributed by atoms with Crippen LogP contribution in [-0.4, -0.2) is 33.0 Å². The van der Waals surface area contributed by atoms with E-state index in [1.54, 1.807) is 23.7 Å². The molecule has 0 unspecified atom stereocenters. The van der Waals surface area contributed by atoms with Crippen LogP contribution in [-0.2, 0) is 35.9 Å². The Kier molecular flexibility index (Phi) is 7.55. The molecule has 0 saturated heterocycles. The predicted molar refractivity (Wildman–Crippen MR) is 111 cm³/mol. The molecule has 1 aromatic heterocycles. The van der Waals surface area contributed by atoms with Crippen LogP contribution in [0, 0.1) is 0 Å². The molecule has 0 bridgehead atoms. The number of hydrogen-bond donors (Lipinski definition) is 3. The lowest BCUT2D eigenvalue weighted by Gasteiger charge is -2.13. The zero-order chi connectivity index (χ0) is 20.0. The maximum atomic E-state index is 11.7. The van der Waals surface area contributed by atoms with Crippen molar-refractivity contribution in [2.75, 3.05) is 14.1 Å². The highest BCUT2D eigenvalue weighted by Crippen LogP contribution is 2.24. The Hall–Kier alpha value is -1.74. The highest BCUT2D eigenvalue weighted by atomic mass is 35.5. The third-order valence-corrected chi connectivity index (χ3v) is 6.17. The van der Waals surface area contributed by atoms with Crippen LogP contribution in [0.15, 0.2) is 35.3 Å². The molecule has 10 heteroatoms. The number of guanidine groups is 1. The number of rotatable bonds is 7. The van der Waals surface area contributed by atoms with E-state index in [-0.39, 0.29) is 5.75 Å². The van der Waals surface area contributed by atoms with Crippen molar-refractivity contribution < 1.29 is 8.42 Å². The molecule has 7 nitrogen and oxygen atoms in total. The number of benzene rings is 1. The molecular formula is C17H23Cl2N5O2S. The standard InChI is InChI=1S/C17H23Cl2N5O2S/c1-20-17(23-10-14-8-15(18)16(19)24(14)3)22-9-12-5-4-6-13(7-12)11-27(25,26)21-2/h4-8,21H,9-11H2,1-3H3,(H2,20,22,23). The van der Waals surface area contributed by atoms with Gasteiger partial charge in [-0.1, -0.05) is 47.5 Å². The van der Waals surface area contributed by atoms with Gasteiger partial charge < -0.3 is 15.2 Å². The van der Waals surface area contributed by atoms with Crippen LogP contribution < -0.4 is 15.4 Å². The predicted octanol–water partition coefficient (Wildman–Crippen LogP) is 2.25. The maximum absolute atomic E-state index is 11.7. The quantitative estimate of drug-likeness (QED) is 0.463. The lowest BCUT2D eigenvalue weighted by molar-refractivity contribution is 0.587. The number of aromatic nitrogens is 1. The van der Waals surface area contributed by atoms with E-state index in [0.717, 1.165) is 16.8 Å². The van der Waals surface area contributed by atoms with Gasteiger partial charge in [0, 0.05) is 26.3 Å². The van der Waals surface area contributed by atoms with Crippen LogP contribution in [0.3, 0.4) is 0 Å². The van der Waals surface area contributed by atoms with E-state index in [4.69, 9.17) is 23.2 Å². The summed E-state index contributed by atoms with van der Waals surface area (Å²) in [6.45, 7) is 1.00. The summed E-state index contributed by atoms with van der Waals surface area (Å²) in [5.74, 6) is 0.552. The van der Waals surface area contributed by atoms with Crippen LogP contribution in [0.1, 0.15) is 16.8 Å². The lowest BCUT2D eigenvalue weighted by atomic mass is 10.1. The molecule has 3 N–H and O–H groups in total. The molecule has 0 aliphatic heterocycles. The first-order chi connectivity index (χ1) is 12.8. The second kappa shape index (κ2) is 9.45. The zero-order valence-corrected chi connectivity index (χ0v) is 17.7. The minimum Gasteiger partial charge on any atom is -0.352 e. The van der Waals surface area contributed by atoms with Crippen molar-refractivity contribution in [2.45, 2.75) is 18.8 Å². The van der Waals surface area contributed by atoms with Crippen molar-refractivity contribution in [3.63, 3.8) is 0 Å². The van der Waals surface area contributed by atoms with Gasteiger partial charge in [0.15, 0.2) is 5.96 Å². The molecule has 2 rings (SSSR count).